The predicted octanol–water partition coefficient (Wildman–Crippen LogP) is 1.88. The van der Waals surface area contributed by atoms with Gasteiger partial charge >= 0.3 is 0 Å². The summed E-state index contributed by atoms with van der Waals surface area (Å²) < 4.78 is 0. The number of primary amides is 1. The van der Waals surface area contributed by atoms with E-state index in [0.29, 0.717) is 18.0 Å². The van der Waals surface area contributed by atoms with Gasteiger partial charge < -0.3 is 5.73 Å². The molecular formula is C16H31N3O. The minimum atomic E-state index is -0.585. The van der Waals surface area contributed by atoms with Crippen molar-refractivity contribution in [3.63, 3.8) is 0 Å². The SMILES string of the molecule is CC(C)CN(CC(C)(NC1CC1)C(N)=O)C1CCCC1. The van der Waals surface area contributed by atoms with Gasteiger partial charge in [-0.2, -0.15) is 0 Å². The Hall–Kier alpha value is -0.610. The van der Waals surface area contributed by atoms with Gasteiger partial charge in [-0.15, -0.1) is 0 Å². The summed E-state index contributed by atoms with van der Waals surface area (Å²) in [6.45, 7) is 8.28. The van der Waals surface area contributed by atoms with E-state index in [4.69, 9.17) is 5.73 Å². The Balaban J connectivity index is 2.03. The second kappa shape index (κ2) is 6.44. The number of hydrogen-bond donors (Lipinski definition) is 2. The highest BCUT2D eigenvalue weighted by molar-refractivity contribution is 5.84. The Bertz CT molecular complexity index is 335. The molecule has 2 rings (SSSR count). The first-order chi connectivity index (χ1) is 9.40. The number of nitrogens with two attached hydrogens (primary N) is 1. The van der Waals surface area contributed by atoms with Crippen LogP contribution in [0.5, 0.6) is 0 Å². The van der Waals surface area contributed by atoms with E-state index in [1.54, 1.807) is 0 Å². The van der Waals surface area contributed by atoms with Crippen LogP contribution in [0.15, 0.2) is 0 Å². The van der Waals surface area contributed by atoms with Crippen molar-refractivity contribution in [1.29, 1.82) is 0 Å². The molecule has 20 heavy (non-hydrogen) atoms. The third kappa shape index (κ3) is 4.19. The van der Waals surface area contributed by atoms with Crippen LogP contribution in [0.4, 0.5) is 0 Å². The third-order valence-electron chi connectivity index (χ3n) is 4.60. The minimum absolute atomic E-state index is 0.212. The van der Waals surface area contributed by atoms with Crippen LogP contribution in [-0.4, -0.2) is 41.5 Å². The molecule has 116 valence electrons. The number of amides is 1. The summed E-state index contributed by atoms with van der Waals surface area (Å²) in [7, 11) is 0. The maximum atomic E-state index is 12.0. The number of nitrogens with one attached hydrogen (secondary N) is 1. The number of hydrogen-bond acceptors (Lipinski definition) is 3. The maximum Gasteiger partial charge on any atom is 0.238 e. The van der Waals surface area contributed by atoms with E-state index >= 15 is 0 Å². The Morgan fingerprint density at radius 1 is 1.30 bits per heavy atom. The zero-order valence-electron chi connectivity index (χ0n) is 13.3. The summed E-state index contributed by atoms with van der Waals surface area (Å²) in [5.74, 6) is 0.407. The fraction of sp³-hybridized carbons (Fsp3) is 0.938. The summed E-state index contributed by atoms with van der Waals surface area (Å²) >= 11 is 0. The fourth-order valence-corrected chi connectivity index (χ4v) is 3.36. The minimum Gasteiger partial charge on any atom is -0.368 e. The van der Waals surface area contributed by atoms with Crippen molar-refractivity contribution >= 4 is 5.91 Å². The van der Waals surface area contributed by atoms with Crippen molar-refractivity contribution in [3.8, 4) is 0 Å². The molecule has 0 aromatic carbocycles. The van der Waals surface area contributed by atoms with Crippen molar-refractivity contribution < 1.29 is 4.79 Å². The van der Waals surface area contributed by atoms with Gasteiger partial charge in [-0.1, -0.05) is 26.7 Å². The van der Waals surface area contributed by atoms with Crippen molar-refractivity contribution in [2.24, 2.45) is 11.7 Å². The summed E-state index contributed by atoms with van der Waals surface area (Å²) in [6.07, 6.45) is 7.54. The van der Waals surface area contributed by atoms with Crippen molar-refractivity contribution in [2.75, 3.05) is 13.1 Å². The van der Waals surface area contributed by atoms with Crippen LogP contribution < -0.4 is 11.1 Å². The molecule has 1 atom stereocenters. The zero-order chi connectivity index (χ0) is 14.8. The van der Waals surface area contributed by atoms with Crippen LogP contribution in [0.2, 0.25) is 0 Å². The van der Waals surface area contributed by atoms with Crippen LogP contribution in [0.25, 0.3) is 0 Å². The molecule has 4 heteroatoms. The van der Waals surface area contributed by atoms with Gasteiger partial charge in [0.05, 0.1) is 0 Å². The molecule has 0 heterocycles. The number of nitrogens with zero attached hydrogens (tertiary/aromatic N) is 1. The van der Waals surface area contributed by atoms with Gasteiger partial charge in [0.1, 0.15) is 5.54 Å². The van der Waals surface area contributed by atoms with Crippen LogP contribution in [-0.2, 0) is 4.79 Å². The molecule has 3 N–H and O–H groups in total. The zero-order valence-corrected chi connectivity index (χ0v) is 13.3. The molecule has 2 fully saturated rings. The lowest BCUT2D eigenvalue weighted by molar-refractivity contribution is -0.125. The van der Waals surface area contributed by atoms with Crippen LogP contribution in [0, 0.1) is 5.92 Å². The second-order valence-corrected chi connectivity index (χ2v) is 7.38. The number of carbonyl (C=O) groups excluding carboxylic acids is 1. The number of carbonyl (C=O) groups is 1. The quantitative estimate of drug-likeness (QED) is 0.714. The molecule has 0 spiro atoms. The molecule has 0 aromatic heterocycles. The second-order valence-electron chi connectivity index (χ2n) is 7.38. The Morgan fingerprint density at radius 3 is 2.35 bits per heavy atom. The largest absolute Gasteiger partial charge is 0.368 e. The molecule has 0 aromatic rings. The van der Waals surface area contributed by atoms with E-state index < -0.39 is 5.54 Å². The Morgan fingerprint density at radius 2 is 1.90 bits per heavy atom. The highest BCUT2D eigenvalue weighted by Gasteiger charge is 2.40. The molecule has 4 nitrogen and oxygen atoms in total. The van der Waals surface area contributed by atoms with Crippen LogP contribution in [0.3, 0.4) is 0 Å². The van der Waals surface area contributed by atoms with E-state index in [0.717, 1.165) is 13.1 Å². The highest BCUT2D eigenvalue weighted by atomic mass is 16.1. The molecule has 0 radical (unpaired) electrons. The highest BCUT2D eigenvalue weighted by Crippen LogP contribution is 2.27. The summed E-state index contributed by atoms with van der Waals surface area (Å²) in [5, 5.41) is 3.48. The van der Waals surface area contributed by atoms with E-state index in [1.807, 2.05) is 6.92 Å². The van der Waals surface area contributed by atoms with Crippen molar-refractivity contribution in [1.82, 2.24) is 10.2 Å². The lowest BCUT2D eigenvalue weighted by Crippen LogP contribution is -2.61. The van der Waals surface area contributed by atoms with E-state index in [9.17, 15) is 4.79 Å². The smallest absolute Gasteiger partial charge is 0.238 e. The van der Waals surface area contributed by atoms with Crippen LogP contribution in [0.1, 0.15) is 59.3 Å². The van der Waals surface area contributed by atoms with Gasteiger partial charge in [0.25, 0.3) is 0 Å². The fourth-order valence-electron chi connectivity index (χ4n) is 3.36. The molecule has 2 saturated carbocycles. The summed E-state index contributed by atoms with van der Waals surface area (Å²) in [4.78, 5) is 14.5. The maximum absolute atomic E-state index is 12.0. The molecule has 0 saturated heterocycles. The number of rotatable bonds is 8. The molecular weight excluding hydrogens is 250 g/mol. The Kier molecular flexibility index (Phi) is 5.08. The Labute approximate surface area is 123 Å². The standard InChI is InChI=1S/C16H31N3O/c1-12(2)10-19(14-6-4-5-7-14)11-16(3,15(17)20)18-13-8-9-13/h12-14,18H,4-11H2,1-3H3,(H2,17,20). The molecule has 2 aliphatic carbocycles. The normalized spacial score (nSPS) is 23.4. The van der Waals surface area contributed by atoms with Crippen molar-refractivity contribution in [2.45, 2.75) is 76.9 Å². The first-order valence-corrected chi connectivity index (χ1v) is 8.22. The van der Waals surface area contributed by atoms with Gasteiger partial charge in [-0.05, 0) is 38.5 Å². The lowest BCUT2D eigenvalue weighted by Gasteiger charge is -2.38. The summed E-state index contributed by atoms with van der Waals surface area (Å²) in [6, 6.07) is 1.13. The third-order valence-corrected chi connectivity index (χ3v) is 4.60. The molecule has 1 unspecified atom stereocenters. The van der Waals surface area contributed by atoms with Crippen LogP contribution >= 0.6 is 0 Å². The van der Waals surface area contributed by atoms with Gasteiger partial charge in [-0.25, -0.2) is 0 Å². The molecule has 0 aliphatic heterocycles. The van der Waals surface area contributed by atoms with E-state index in [-0.39, 0.29) is 5.91 Å². The topological polar surface area (TPSA) is 58.4 Å². The molecule has 2 aliphatic rings. The van der Waals surface area contributed by atoms with Gasteiger partial charge in [-0.3, -0.25) is 15.0 Å². The first-order valence-electron chi connectivity index (χ1n) is 8.22. The summed E-state index contributed by atoms with van der Waals surface area (Å²) in [5.41, 5.74) is 5.11. The average Bonchev–Trinajstić information content (AvgIpc) is 2.98. The molecule has 1 amide bonds. The lowest BCUT2D eigenvalue weighted by atomic mass is 9.98. The average molecular weight is 281 g/mol. The monoisotopic (exact) mass is 281 g/mol. The first kappa shape index (κ1) is 15.8. The van der Waals surface area contributed by atoms with Gasteiger partial charge in [0, 0.05) is 25.2 Å². The predicted molar refractivity (Wildman–Crippen MR) is 82.4 cm³/mol. The van der Waals surface area contributed by atoms with E-state index in [1.165, 1.54) is 38.5 Å². The molecule has 0 bridgehead atoms. The van der Waals surface area contributed by atoms with Gasteiger partial charge in [0.2, 0.25) is 5.91 Å². The van der Waals surface area contributed by atoms with Crippen molar-refractivity contribution in [3.05, 3.63) is 0 Å². The van der Waals surface area contributed by atoms with E-state index in [2.05, 4.69) is 24.1 Å². The van der Waals surface area contributed by atoms with Gasteiger partial charge in [0.15, 0.2) is 0 Å².